The molecule has 1 heterocycles. The molecule has 0 radical (unpaired) electrons. The van der Waals surface area contributed by atoms with E-state index in [0.717, 1.165) is 25.8 Å². The summed E-state index contributed by atoms with van der Waals surface area (Å²) in [5.41, 5.74) is -0.408. The van der Waals surface area contributed by atoms with E-state index in [2.05, 4.69) is 11.8 Å². The van der Waals surface area contributed by atoms with Gasteiger partial charge in [0.2, 0.25) is 0 Å². The molecule has 0 aliphatic carbocycles. The summed E-state index contributed by atoms with van der Waals surface area (Å²) in [6, 6.07) is 0. The van der Waals surface area contributed by atoms with E-state index >= 15 is 0 Å². The van der Waals surface area contributed by atoms with Gasteiger partial charge in [-0.3, -0.25) is 0 Å². The zero-order valence-electron chi connectivity index (χ0n) is 12.6. The highest BCUT2D eigenvalue weighted by Gasteiger charge is 2.24. The van der Waals surface area contributed by atoms with E-state index < -0.39 is 5.60 Å². The highest BCUT2D eigenvalue weighted by atomic mass is 16.3. The molecule has 0 spiro atoms. The minimum absolute atomic E-state index is 0.408. The Hall–Kier alpha value is -0.0800. The van der Waals surface area contributed by atoms with Crippen LogP contribution in [0.15, 0.2) is 0 Å². The minimum Gasteiger partial charge on any atom is -0.390 e. The van der Waals surface area contributed by atoms with Gasteiger partial charge < -0.3 is 10.0 Å². The Kier molecular flexibility index (Phi) is 7.92. The third kappa shape index (κ3) is 7.38. The molecule has 2 heteroatoms. The van der Waals surface area contributed by atoms with Crippen LogP contribution in [0.25, 0.3) is 0 Å². The van der Waals surface area contributed by atoms with Crippen molar-refractivity contribution in [2.24, 2.45) is 0 Å². The average molecular weight is 255 g/mol. The van der Waals surface area contributed by atoms with Crippen molar-refractivity contribution in [2.75, 3.05) is 19.6 Å². The summed E-state index contributed by atoms with van der Waals surface area (Å²) >= 11 is 0. The molecular formula is C16H33NO. The minimum atomic E-state index is -0.408. The van der Waals surface area contributed by atoms with E-state index in [4.69, 9.17) is 0 Å². The van der Waals surface area contributed by atoms with Crippen LogP contribution in [0.2, 0.25) is 0 Å². The Labute approximate surface area is 114 Å². The van der Waals surface area contributed by atoms with Crippen LogP contribution in [-0.4, -0.2) is 35.2 Å². The number of rotatable bonds is 8. The van der Waals surface area contributed by atoms with Crippen LogP contribution in [0, 0.1) is 0 Å². The second kappa shape index (κ2) is 8.92. The molecule has 0 aromatic rings. The van der Waals surface area contributed by atoms with Gasteiger partial charge in [0.1, 0.15) is 0 Å². The molecule has 1 atom stereocenters. The first-order valence-corrected chi connectivity index (χ1v) is 8.09. The Morgan fingerprint density at radius 2 is 1.61 bits per heavy atom. The van der Waals surface area contributed by atoms with Gasteiger partial charge in [-0.25, -0.2) is 0 Å². The number of aliphatic hydroxyl groups is 1. The number of hydrogen-bond acceptors (Lipinski definition) is 2. The first-order valence-electron chi connectivity index (χ1n) is 8.09. The van der Waals surface area contributed by atoms with Crippen molar-refractivity contribution < 1.29 is 5.11 Å². The van der Waals surface area contributed by atoms with E-state index in [1.54, 1.807) is 0 Å². The van der Waals surface area contributed by atoms with Crippen molar-refractivity contribution in [3.05, 3.63) is 0 Å². The van der Waals surface area contributed by atoms with E-state index in [-0.39, 0.29) is 0 Å². The second-order valence-corrected chi connectivity index (χ2v) is 6.31. The number of nitrogens with zero attached hydrogens (tertiary/aromatic N) is 1. The lowest BCUT2D eigenvalue weighted by atomic mass is 9.98. The molecule has 1 fully saturated rings. The van der Waals surface area contributed by atoms with Crippen LogP contribution in [0.1, 0.15) is 78.1 Å². The normalized spacial score (nSPS) is 26.2. The molecule has 1 unspecified atom stereocenters. The van der Waals surface area contributed by atoms with Gasteiger partial charge in [0.25, 0.3) is 0 Å². The van der Waals surface area contributed by atoms with Gasteiger partial charge in [0, 0.05) is 6.54 Å². The molecule has 1 aliphatic rings. The highest BCUT2D eigenvalue weighted by Crippen LogP contribution is 2.21. The van der Waals surface area contributed by atoms with Crippen molar-refractivity contribution in [2.45, 2.75) is 83.7 Å². The lowest BCUT2D eigenvalue weighted by Gasteiger charge is -2.22. The van der Waals surface area contributed by atoms with Crippen LogP contribution >= 0.6 is 0 Å². The first kappa shape index (κ1) is 16.0. The average Bonchev–Trinajstić information content (AvgIpc) is 2.50. The predicted octanol–water partition coefficient (Wildman–Crippen LogP) is 3.97. The van der Waals surface area contributed by atoms with Gasteiger partial charge >= 0.3 is 0 Å². The second-order valence-electron chi connectivity index (χ2n) is 6.31. The Morgan fingerprint density at radius 3 is 2.33 bits per heavy atom. The number of likely N-dealkylation sites (tertiary alicyclic amines) is 1. The standard InChI is InChI=1S/C16H33NO/c1-3-4-5-6-7-8-9-13-17-14-10-11-16(2,18)12-15-17/h18H,3-15H2,1-2H3. The van der Waals surface area contributed by atoms with E-state index in [0.29, 0.717) is 0 Å². The molecule has 1 rings (SSSR count). The smallest absolute Gasteiger partial charge is 0.0632 e. The van der Waals surface area contributed by atoms with Crippen LogP contribution in [-0.2, 0) is 0 Å². The number of unbranched alkanes of at least 4 members (excludes halogenated alkanes) is 6. The largest absolute Gasteiger partial charge is 0.390 e. The molecule has 1 N–H and O–H groups in total. The van der Waals surface area contributed by atoms with Crippen LogP contribution < -0.4 is 0 Å². The summed E-state index contributed by atoms with van der Waals surface area (Å²) in [5, 5.41) is 10.0. The molecule has 0 saturated carbocycles. The van der Waals surface area contributed by atoms with Gasteiger partial charge in [0.15, 0.2) is 0 Å². The zero-order chi connectivity index (χ0) is 13.3. The Balaban J connectivity index is 1.99. The molecule has 0 aromatic heterocycles. The number of hydrogen-bond donors (Lipinski definition) is 1. The molecular weight excluding hydrogens is 222 g/mol. The fraction of sp³-hybridized carbons (Fsp3) is 1.00. The highest BCUT2D eigenvalue weighted by molar-refractivity contribution is 4.78. The fourth-order valence-corrected chi connectivity index (χ4v) is 2.84. The van der Waals surface area contributed by atoms with Crippen molar-refractivity contribution in [3.63, 3.8) is 0 Å². The lowest BCUT2D eigenvalue weighted by molar-refractivity contribution is 0.0446. The van der Waals surface area contributed by atoms with Gasteiger partial charge in [0.05, 0.1) is 5.60 Å². The third-order valence-electron chi connectivity index (χ3n) is 4.23. The topological polar surface area (TPSA) is 23.5 Å². The van der Waals surface area contributed by atoms with Crippen LogP contribution in [0.5, 0.6) is 0 Å². The van der Waals surface area contributed by atoms with Crippen molar-refractivity contribution in [1.82, 2.24) is 4.90 Å². The molecule has 0 amide bonds. The summed E-state index contributed by atoms with van der Waals surface area (Å²) in [7, 11) is 0. The van der Waals surface area contributed by atoms with E-state index in [9.17, 15) is 5.11 Å². The van der Waals surface area contributed by atoms with Gasteiger partial charge in [-0.15, -0.1) is 0 Å². The van der Waals surface area contributed by atoms with Gasteiger partial charge in [-0.1, -0.05) is 45.4 Å². The Morgan fingerprint density at radius 1 is 0.944 bits per heavy atom. The van der Waals surface area contributed by atoms with Crippen LogP contribution in [0.3, 0.4) is 0 Å². The summed E-state index contributed by atoms with van der Waals surface area (Å²) in [6.45, 7) is 7.77. The van der Waals surface area contributed by atoms with Crippen molar-refractivity contribution in [1.29, 1.82) is 0 Å². The first-order chi connectivity index (χ1) is 8.64. The van der Waals surface area contributed by atoms with E-state index in [1.165, 1.54) is 58.0 Å². The molecule has 0 aromatic carbocycles. The molecule has 2 nitrogen and oxygen atoms in total. The van der Waals surface area contributed by atoms with Gasteiger partial charge in [-0.05, 0) is 45.7 Å². The fourth-order valence-electron chi connectivity index (χ4n) is 2.84. The molecule has 0 bridgehead atoms. The summed E-state index contributed by atoms with van der Waals surface area (Å²) in [4.78, 5) is 2.55. The Bertz CT molecular complexity index is 203. The lowest BCUT2D eigenvalue weighted by Crippen LogP contribution is -2.29. The van der Waals surface area contributed by atoms with Crippen molar-refractivity contribution in [3.8, 4) is 0 Å². The maximum Gasteiger partial charge on any atom is 0.0632 e. The quantitative estimate of drug-likeness (QED) is 0.663. The third-order valence-corrected chi connectivity index (χ3v) is 4.23. The zero-order valence-corrected chi connectivity index (χ0v) is 12.6. The van der Waals surface area contributed by atoms with E-state index in [1.807, 2.05) is 6.92 Å². The molecule has 18 heavy (non-hydrogen) atoms. The summed E-state index contributed by atoms with van der Waals surface area (Å²) in [6.07, 6.45) is 12.8. The maximum atomic E-state index is 10.0. The van der Waals surface area contributed by atoms with Crippen molar-refractivity contribution >= 4 is 0 Å². The monoisotopic (exact) mass is 255 g/mol. The van der Waals surface area contributed by atoms with Gasteiger partial charge in [-0.2, -0.15) is 0 Å². The SMILES string of the molecule is CCCCCCCCCN1CCCC(C)(O)CC1. The summed E-state index contributed by atoms with van der Waals surface area (Å²) in [5.74, 6) is 0. The maximum absolute atomic E-state index is 10.0. The van der Waals surface area contributed by atoms with Crippen LogP contribution in [0.4, 0.5) is 0 Å². The summed E-state index contributed by atoms with van der Waals surface area (Å²) < 4.78 is 0. The molecule has 1 aliphatic heterocycles. The molecule has 108 valence electrons. The molecule has 1 saturated heterocycles. The predicted molar refractivity (Wildman–Crippen MR) is 78.9 cm³/mol.